The number of hydrogen-bond donors (Lipinski definition) is 0. The van der Waals surface area contributed by atoms with Gasteiger partial charge in [0, 0.05) is 18.0 Å². The Kier molecular flexibility index (Phi) is 9.89. The average Bonchev–Trinajstić information content (AvgIpc) is 2.71. The first-order valence-electron chi connectivity index (χ1n) is 10.8. The van der Waals surface area contributed by atoms with Crippen LogP contribution in [0.25, 0.3) is 11.4 Å². The SMILES string of the molecule is CCCCCCCCCOc1ccc(-c2ncc(CC(C)CC)cn2)cc1. The van der Waals surface area contributed by atoms with Gasteiger partial charge in [-0.05, 0) is 48.6 Å². The van der Waals surface area contributed by atoms with E-state index in [9.17, 15) is 0 Å². The van der Waals surface area contributed by atoms with Gasteiger partial charge in [-0.1, -0.05) is 65.7 Å². The molecule has 0 saturated carbocycles. The molecule has 1 heterocycles. The third kappa shape index (κ3) is 8.11. The van der Waals surface area contributed by atoms with Crippen LogP contribution in [0.4, 0.5) is 0 Å². The van der Waals surface area contributed by atoms with Gasteiger partial charge in [0.15, 0.2) is 5.82 Å². The summed E-state index contributed by atoms with van der Waals surface area (Å²) in [5, 5.41) is 0. The van der Waals surface area contributed by atoms with E-state index in [1.54, 1.807) is 0 Å². The monoisotopic (exact) mass is 368 g/mol. The van der Waals surface area contributed by atoms with E-state index >= 15 is 0 Å². The third-order valence-corrected chi connectivity index (χ3v) is 5.12. The molecule has 2 rings (SSSR count). The highest BCUT2D eigenvalue weighted by molar-refractivity contribution is 5.55. The lowest BCUT2D eigenvalue weighted by molar-refractivity contribution is 0.304. The molecule has 2 aromatic rings. The largest absolute Gasteiger partial charge is 0.494 e. The fourth-order valence-corrected chi connectivity index (χ4v) is 3.11. The number of benzene rings is 1. The van der Waals surface area contributed by atoms with E-state index in [1.165, 1.54) is 50.5 Å². The van der Waals surface area contributed by atoms with E-state index in [0.717, 1.165) is 36.6 Å². The van der Waals surface area contributed by atoms with Gasteiger partial charge < -0.3 is 4.74 Å². The standard InChI is InChI=1S/C24H36N2O/c1-4-6-7-8-9-10-11-16-27-23-14-12-22(13-15-23)24-25-18-21(19-26-24)17-20(3)5-2/h12-15,18-20H,4-11,16-17H2,1-3H3. The number of nitrogens with zero attached hydrogens (tertiary/aromatic N) is 2. The Hall–Kier alpha value is -1.90. The molecule has 1 aromatic carbocycles. The Morgan fingerprint density at radius 1 is 0.852 bits per heavy atom. The fourth-order valence-electron chi connectivity index (χ4n) is 3.11. The van der Waals surface area contributed by atoms with Crippen molar-refractivity contribution in [2.45, 2.75) is 78.6 Å². The molecular weight excluding hydrogens is 332 g/mol. The van der Waals surface area contributed by atoms with Crippen molar-refractivity contribution in [1.82, 2.24) is 9.97 Å². The van der Waals surface area contributed by atoms with E-state index in [0.29, 0.717) is 5.92 Å². The first-order chi connectivity index (χ1) is 13.2. The van der Waals surface area contributed by atoms with Crippen LogP contribution in [0.15, 0.2) is 36.7 Å². The van der Waals surface area contributed by atoms with Gasteiger partial charge in [0.2, 0.25) is 0 Å². The van der Waals surface area contributed by atoms with Crippen molar-refractivity contribution in [3.05, 3.63) is 42.2 Å². The summed E-state index contributed by atoms with van der Waals surface area (Å²) < 4.78 is 5.86. The maximum Gasteiger partial charge on any atom is 0.159 e. The van der Waals surface area contributed by atoms with E-state index < -0.39 is 0 Å². The predicted octanol–water partition coefficient (Wildman–Crippen LogP) is 6.86. The molecule has 0 saturated heterocycles. The average molecular weight is 369 g/mol. The molecule has 1 unspecified atom stereocenters. The second kappa shape index (κ2) is 12.5. The van der Waals surface area contributed by atoms with Crippen molar-refractivity contribution >= 4 is 0 Å². The van der Waals surface area contributed by atoms with Gasteiger partial charge in [0.05, 0.1) is 6.61 Å². The van der Waals surface area contributed by atoms with E-state index in [1.807, 2.05) is 36.7 Å². The molecule has 0 bridgehead atoms. The summed E-state index contributed by atoms with van der Waals surface area (Å²) in [6.07, 6.45) is 15.3. The first-order valence-corrected chi connectivity index (χ1v) is 10.8. The zero-order valence-corrected chi connectivity index (χ0v) is 17.4. The second-order valence-electron chi connectivity index (χ2n) is 7.63. The smallest absolute Gasteiger partial charge is 0.159 e. The van der Waals surface area contributed by atoms with Crippen LogP contribution in [0, 0.1) is 5.92 Å². The van der Waals surface area contributed by atoms with Crippen LogP contribution in [0.2, 0.25) is 0 Å². The Morgan fingerprint density at radius 2 is 1.48 bits per heavy atom. The van der Waals surface area contributed by atoms with Gasteiger partial charge in [0.25, 0.3) is 0 Å². The number of ether oxygens (including phenoxy) is 1. The summed E-state index contributed by atoms with van der Waals surface area (Å²) in [5.41, 5.74) is 2.25. The van der Waals surface area contributed by atoms with Crippen molar-refractivity contribution < 1.29 is 4.74 Å². The summed E-state index contributed by atoms with van der Waals surface area (Å²) in [4.78, 5) is 9.06. The summed E-state index contributed by atoms with van der Waals surface area (Å²) >= 11 is 0. The molecule has 3 nitrogen and oxygen atoms in total. The lowest BCUT2D eigenvalue weighted by atomic mass is 10.0. The molecule has 3 heteroatoms. The first kappa shape index (κ1) is 21.4. The molecule has 0 spiro atoms. The molecule has 0 fully saturated rings. The van der Waals surface area contributed by atoms with E-state index in [4.69, 9.17) is 4.74 Å². The highest BCUT2D eigenvalue weighted by atomic mass is 16.5. The van der Waals surface area contributed by atoms with Crippen molar-refractivity contribution in [3.63, 3.8) is 0 Å². The van der Waals surface area contributed by atoms with Crippen LogP contribution in [0.5, 0.6) is 5.75 Å². The summed E-state index contributed by atoms with van der Waals surface area (Å²) in [7, 11) is 0. The molecule has 0 radical (unpaired) electrons. The lowest BCUT2D eigenvalue weighted by Gasteiger charge is -2.09. The molecular formula is C24H36N2O. The molecule has 1 atom stereocenters. The van der Waals surface area contributed by atoms with Gasteiger partial charge >= 0.3 is 0 Å². The zero-order chi connectivity index (χ0) is 19.3. The van der Waals surface area contributed by atoms with Crippen LogP contribution in [0.1, 0.15) is 77.7 Å². The number of rotatable bonds is 13. The van der Waals surface area contributed by atoms with Crippen molar-refractivity contribution in [1.29, 1.82) is 0 Å². The van der Waals surface area contributed by atoms with Gasteiger partial charge in [-0.3, -0.25) is 0 Å². The van der Waals surface area contributed by atoms with Gasteiger partial charge in [-0.2, -0.15) is 0 Å². The molecule has 27 heavy (non-hydrogen) atoms. The summed E-state index contributed by atoms with van der Waals surface area (Å²) in [6, 6.07) is 8.13. The van der Waals surface area contributed by atoms with Crippen molar-refractivity contribution in [2.75, 3.05) is 6.61 Å². The Labute approximate surface area is 165 Å². The minimum absolute atomic E-state index is 0.673. The summed E-state index contributed by atoms with van der Waals surface area (Å²) in [5.74, 6) is 2.38. The Balaban J connectivity index is 1.73. The molecule has 0 amide bonds. The van der Waals surface area contributed by atoms with E-state index in [-0.39, 0.29) is 0 Å². The molecule has 0 aliphatic rings. The van der Waals surface area contributed by atoms with Crippen molar-refractivity contribution in [2.24, 2.45) is 5.92 Å². The maximum atomic E-state index is 5.86. The number of aromatic nitrogens is 2. The predicted molar refractivity (Wildman–Crippen MR) is 114 cm³/mol. The lowest BCUT2D eigenvalue weighted by Crippen LogP contribution is -2.00. The number of hydrogen-bond acceptors (Lipinski definition) is 3. The van der Waals surface area contributed by atoms with Gasteiger partial charge in [-0.15, -0.1) is 0 Å². The third-order valence-electron chi connectivity index (χ3n) is 5.12. The maximum absolute atomic E-state index is 5.86. The zero-order valence-electron chi connectivity index (χ0n) is 17.4. The normalized spacial score (nSPS) is 12.1. The molecule has 1 aromatic heterocycles. The Bertz CT molecular complexity index is 622. The van der Waals surface area contributed by atoms with Crippen LogP contribution < -0.4 is 4.74 Å². The topological polar surface area (TPSA) is 35.0 Å². The van der Waals surface area contributed by atoms with Crippen LogP contribution in [-0.2, 0) is 6.42 Å². The van der Waals surface area contributed by atoms with Crippen molar-refractivity contribution in [3.8, 4) is 17.1 Å². The fraction of sp³-hybridized carbons (Fsp3) is 0.583. The minimum atomic E-state index is 0.673. The highest BCUT2D eigenvalue weighted by Gasteiger charge is 2.05. The molecule has 148 valence electrons. The van der Waals surface area contributed by atoms with Crippen LogP contribution >= 0.6 is 0 Å². The van der Waals surface area contributed by atoms with Gasteiger partial charge in [-0.25, -0.2) is 9.97 Å². The molecule has 0 aliphatic heterocycles. The van der Waals surface area contributed by atoms with Gasteiger partial charge in [0.1, 0.15) is 5.75 Å². The van der Waals surface area contributed by atoms with Crippen LogP contribution in [-0.4, -0.2) is 16.6 Å². The molecule has 0 N–H and O–H groups in total. The highest BCUT2D eigenvalue weighted by Crippen LogP contribution is 2.20. The quantitative estimate of drug-likeness (QED) is 0.362. The van der Waals surface area contributed by atoms with E-state index in [2.05, 4.69) is 30.7 Å². The molecule has 0 aliphatic carbocycles. The van der Waals surface area contributed by atoms with Crippen LogP contribution in [0.3, 0.4) is 0 Å². The minimum Gasteiger partial charge on any atom is -0.494 e. The summed E-state index contributed by atoms with van der Waals surface area (Å²) in [6.45, 7) is 7.54. The number of unbranched alkanes of at least 4 members (excludes halogenated alkanes) is 6. The second-order valence-corrected chi connectivity index (χ2v) is 7.63. The Morgan fingerprint density at radius 3 is 2.11 bits per heavy atom.